The largest absolute Gasteiger partial charge is 0.573 e. The molecule has 0 aliphatic heterocycles. The first-order chi connectivity index (χ1) is 13.8. The van der Waals surface area contributed by atoms with Gasteiger partial charge in [0.15, 0.2) is 0 Å². The normalized spacial score (nSPS) is 11.1. The Morgan fingerprint density at radius 2 is 1.83 bits per heavy atom. The molecule has 10 heteroatoms. The Kier molecular flexibility index (Phi) is 5.91. The van der Waals surface area contributed by atoms with E-state index in [0.29, 0.717) is 24.1 Å². The standard InChI is InChI=1S/C19H16F3N5O2/c20-19(21,22)29-16-4-1-13(2-5-16)14-3-6-17(23)27(11-14)18(28)25-10-8-15-7-9-24-12-26-15/h1-7,9,11-12,23H,8,10H2,(H,25,28). The fourth-order valence-electron chi connectivity index (χ4n) is 2.54. The maximum absolute atomic E-state index is 12.4. The summed E-state index contributed by atoms with van der Waals surface area (Å²) < 4.78 is 41.8. The first kappa shape index (κ1) is 20.1. The monoisotopic (exact) mass is 403 g/mol. The Morgan fingerprint density at radius 3 is 2.48 bits per heavy atom. The molecule has 7 nitrogen and oxygen atoms in total. The molecule has 2 aromatic heterocycles. The minimum absolute atomic E-state index is 0.0367. The molecule has 150 valence electrons. The van der Waals surface area contributed by atoms with Crippen molar-refractivity contribution in [3.05, 3.63) is 72.4 Å². The number of carbonyl (C=O) groups excluding carboxylic acids is 1. The number of nitrogens with zero attached hydrogens (tertiary/aromatic N) is 3. The highest BCUT2D eigenvalue weighted by Crippen LogP contribution is 2.26. The Morgan fingerprint density at radius 1 is 1.10 bits per heavy atom. The molecule has 0 saturated carbocycles. The van der Waals surface area contributed by atoms with Gasteiger partial charge < -0.3 is 10.1 Å². The number of amides is 1. The van der Waals surface area contributed by atoms with Crippen molar-refractivity contribution in [1.82, 2.24) is 19.9 Å². The van der Waals surface area contributed by atoms with Gasteiger partial charge in [0, 0.05) is 31.1 Å². The first-order valence-corrected chi connectivity index (χ1v) is 8.48. The molecule has 29 heavy (non-hydrogen) atoms. The predicted octanol–water partition coefficient (Wildman–Crippen LogP) is 3.12. The van der Waals surface area contributed by atoms with Gasteiger partial charge in [-0.3, -0.25) is 9.98 Å². The van der Waals surface area contributed by atoms with E-state index in [9.17, 15) is 18.0 Å². The van der Waals surface area contributed by atoms with Crippen LogP contribution in [0.15, 0.2) is 61.2 Å². The lowest BCUT2D eigenvalue weighted by Crippen LogP contribution is -2.36. The van der Waals surface area contributed by atoms with Crippen molar-refractivity contribution in [3.63, 3.8) is 0 Å². The van der Waals surface area contributed by atoms with Crippen LogP contribution in [0.1, 0.15) is 5.69 Å². The van der Waals surface area contributed by atoms with Crippen LogP contribution in [0.25, 0.3) is 11.1 Å². The molecule has 0 fully saturated rings. The molecule has 1 amide bonds. The maximum Gasteiger partial charge on any atom is 0.573 e. The number of ether oxygens (including phenoxy) is 1. The molecule has 3 aromatic rings. The van der Waals surface area contributed by atoms with Crippen LogP contribution in [-0.4, -0.2) is 33.5 Å². The van der Waals surface area contributed by atoms with Crippen LogP contribution in [0.2, 0.25) is 0 Å². The summed E-state index contributed by atoms with van der Waals surface area (Å²) in [6.45, 7) is 0.315. The van der Waals surface area contributed by atoms with Gasteiger partial charge in [-0.25, -0.2) is 14.8 Å². The minimum atomic E-state index is -4.76. The molecule has 0 radical (unpaired) electrons. The minimum Gasteiger partial charge on any atom is -0.406 e. The fraction of sp³-hybridized carbons (Fsp3) is 0.158. The zero-order valence-corrected chi connectivity index (χ0v) is 15.0. The number of nitrogens with one attached hydrogen (secondary N) is 2. The molecule has 0 aliphatic rings. The topological polar surface area (TPSA) is 92.9 Å². The molecule has 0 aliphatic carbocycles. The predicted molar refractivity (Wildman–Crippen MR) is 96.9 cm³/mol. The van der Waals surface area contributed by atoms with Gasteiger partial charge >= 0.3 is 12.4 Å². The second-order valence-electron chi connectivity index (χ2n) is 5.93. The Bertz CT molecular complexity index is 1030. The second kappa shape index (κ2) is 8.55. The summed E-state index contributed by atoms with van der Waals surface area (Å²) in [6.07, 6.45) is 0.212. The zero-order chi connectivity index (χ0) is 20.9. The molecule has 0 spiro atoms. The highest BCUT2D eigenvalue weighted by atomic mass is 19.4. The Labute approximate surface area is 163 Å². The maximum atomic E-state index is 12.4. The van der Waals surface area contributed by atoms with Crippen LogP contribution in [0.4, 0.5) is 18.0 Å². The van der Waals surface area contributed by atoms with Crippen LogP contribution in [-0.2, 0) is 6.42 Å². The summed E-state index contributed by atoms with van der Waals surface area (Å²) in [5.74, 6) is -0.339. The molecule has 0 unspecified atom stereocenters. The van der Waals surface area contributed by atoms with E-state index in [4.69, 9.17) is 5.41 Å². The number of hydrogen-bond donors (Lipinski definition) is 2. The third kappa shape index (κ3) is 5.64. The van der Waals surface area contributed by atoms with Crippen molar-refractivity contribution in [2.75, 3.05) is 6.54 Å². The Balaban J connectivity index is 1.70. The van der Waals surface area contributed by atoms with Crippen LogP contribution < -0.4 is 15.5 Å². The molecule has 0 bridgehead atoms. The summed E-state index contributed by atoms with van der Waals surface area (Å²) in [5, 5.41) is 10.6. The molecule has 2 N–H and O–H groups in total. The van der Waals surface area contributed by atoms with Gasteiger partial charge in [0.25, 0.3) is 0 Å². The lowest BCUT2D eigenvalue weighted by atomic mass is 10.1. The van der Waals surface area contributed by atoms with Gasteiger partial charge in [0.2, 0.25) is 0 Å². The van der Waals surface area contributed by atoms with Crippen molar-refractivity contribution >= 4 is 6.03 Å². The number of pyridine rings is 1. The molecule has 1 aromatic carbocycles. The molecule has 3 rings (SSSR count). The number of carbonyl (C=O) groups is 1. The lowest BCUT2D eigenvalue weighted by Gasteiger charge is -2.11. The van der Waals surface area contributed by atoms with Crippen LogP contribution in [0.5, 0.6) is 5.75 Å². The van der Waals surface area contributed by atoms with Crippen molar-refractivity contribution < 1.29 is 22.7 Å². The van der Waals surface area contributed by atoms with Crippen molar-refractivity contribution in [3.8, 4) is 16.9 Å². The molecule has 2 heterocycles. The van der Waals surface area contributed by atoms with E-state index in [1.807, 2.05) is 0 Å². The number of hydrogen-bond acceptors (Lipinski definition) is 5. The molecular weight excluding hydrogens is 387 g/mol. The fourth-order valence-corrected chi connectivity index (χ4v) is 2.54. The van der Waals surface area contributed by atoms with Gasteiger partial charge in [0.1, 0.15) is 17.6 Å². The smallest absolute Gasteiger partial charge is 0.406 e. The number of halogens is 3. The van der Waals surface area contributed by atoms with E-state index in [-0.39, 0.29) is 11.2 Å². The third-order valence-electron chi connectivity index (χ3n) is 3.89. The molecule has 0 saturated heterocycles. The van der Waals surface area contributed by atoms with E-state index < -0.39 is 12.4 Å². The summed E-state index contributed by atoms with van der Waals surface area (Å²) >= 11 is 0. The van der Waals surface area contributed by atoms with Gasteiger partial charge in [-0.15, -0.1) is 13.2 Å². The molecule has 0 atom stereocenters. The van der Waals surface area contributed by atoms with Crippen molar-refractivity contribution in [1.29, 1.82) is 5.41 Å². The van der Waals surface area contributed by atoms with E-state index in [2.05, 4.69) is 20.0 Å². The highest BCUT2D eigenvalue weighted by molar-refractivity contribution is 5.78. The quantitative estimate of drug-likeness (QED) is 0.685. The van der Waals surface area contributed by atoms with Gasteiger partial charge in [0.05, 0.1) is 0 Å². The summed E-state index contributed by atoms with van der Waals surface area (Å²) in [4.78, 5) is 20.3. The van der Waals surface area contributed by atoms with Gasteiger partial charge in [-0.1, -0.05) is 12.1 Å². The second-order valence-corrected chi connectivity index (χ2v) is 5.93. The van der Waals surface area contributed by atoms with E-state index >= 15 is 0 Å². The van der Waals surface area contributed by atoms with Gasteiger partial charge in [-0.05, 0) is 41.5 Å². The highest BCUT2D eigenvalue weighted by Gasteiger charge is 2.30. The number of rotatable bonds is 5. The number of alkyl halides is 3. The average molecular weight is 403 g/mol. The van der Waals surface area contributed by atoms with Crippen molar-refractivity contribution in [2.24, 2.45) is 0 Å². The van der Waals surface area contributed by atoms with E-state index in [1.165, 1.54) is 42.9 Å². The zero-order valence-electron chi connectivity index (χ0n) is 15.0. The summed E-state index contributed by atoms with van der Waals surface area (Å²) in [7, 11) is 0. The summed E-state index contributed by atoms with van der Waals surface area (Å²) in [6, 6.07) is 9.53. The summed E-state index contributed by atoms with van der Waals surface area (Å²) in [5.41, 5.74) is 1.86. The van der Waals surface area contributed by atoms with Crippen LogP contribution in [0, 0.1) is 5.41 Å². The van der Waals surface area contributed by atoms with E-state index in [1.54, 1.807) is 18.3 Å². The SMILES string of the molecule is N=c1ccc(-c2ccc(OC(F)(F)F)cc2)cn1C(=O)NCCc1ccncn1. The van der Waals surface area contributed by atoms with Crippen LogP contribution >= 0.6 is 0 Å². The average Bonchev–Trinajstić information content (AvgIpc) is 2.68. The molecular formula is C19H16F3N5O2. The number of benzene rings is 1. The first-order valence-electron chi connectivity index (χ1n) is 8.48. The van der Waals surface area contributed by atoms with Crippen molar-refractivity contribution in [2.45, 2.75) is 12.8 Å². The van der Waals surface area contributed by atoms with Gasteiger partial charge in [-0.2, -0.15) is 0 Å². The Hall–Kier alpha value is -3.69. The van der Waals surface area contributed by atoms with E-state index in [0.717, 1.165) is 10.3 Å². The van der Waals surface area contributed by atoms with Crippen LogP contribution in [0.3, 0.4) is 0 Å². The number of aromatic nitrogens is 3. The third-order valence-corrected chi connectivity index (χ3v) is 3.89. The lowest BCUT2D eigenvalue weighted by molar-refractivity contribution is -0.274.